The molecule has 0 saturated heterocycles. The molecule has 18 heavy (non-hydrogen) atoms. The lowest BCUT2D eigenvalue weighted by atomic mass is 10.2. The van der Waals surface area contributed by atoms with E-state index >= 15 is 0 Å². The molecule has 2 rings (SSSR count). The molecule has 2 N–H and O–H groups in total. The zero-order valence-corrected chi connectivity index (χ0v) is 11.1. The highest BCUT2D eigenvalue weighted by Gasteiger charge is 2.12. The van der Waals surface area contributed by atoms with E-state index in [4.69, 9.17) is 4.52 Å². The van der Waals surface area contributed by atoms with Gasteiger partial charge in [-0.15, -0.1) is 0 Å². The molecule has 1 heterocycles. The number of aromatic hydroxyl groups is 1. The van der Waals surface area contributed by atoms with Gasteiger partial charge in [-0.2, -0.15) is 4.98 Å². The van der Waals surface area contributed by atoms with Gasteiger partial charge in [0.2, 0.25) is 5.89 Å². The summed E-state index contributed by atoms with van der Waals surface area (Å²) in [6, 6.07) is 4.64. The third kappa shape index (κ3) is 2.86. The quantitative estimate of drug-likeness (QED) is 0.902. The van der Waals surface area contributed by atoms with Crippen molar-refractivity contribution >= 4 is 21.8 Å². The van der Waals surface area contributed by atoms with Gasteiger partial charge in [-0.05, 0) is 25.1 Å². The largest absolute Gasteiger partial charge is 0.507 e. The van der Waals surface area contributed by atoms with Crippen LogP contribution < -0.4 is 5.32 Å². The third-order valence-corrected chi connectivity index (χ3v) is 2.67. The Morgan fingerprint density at radius 1 is 1.56 bits per heavy atom. The molecule has 1 aromatic heterocycles. The highest BCUT2D eigenvalue weighted by molar-refractivity contribution is 9.10. The fraction of sp³-hybridized carbons (Fsp3) is 0.182. The average molecular weight is 312 g/mol. The number of hydrogen-bond donors (Lipinski definition) is 2. The Balaban J connectivity index is 2.03. The Kier molecular flexibility index (Phi) is 3.61. The number of rotatable bonds is 3. The van der Waals surface area contributed by atoms with E-state index < -0.39 is 5.91 Å². The summed E-state index contributed by atoms with van der Waals surface area (Å²) in [5, 5.41) is 15.8. The van der Waals surface area contributed by atoms with Gasteiger partial charge in [0.15, 0.2) is 5.82 Å². The number of nitrogens with zero attached hydrogens (tertiary/aromatic N) is 2. The van der Waals surface area contributed by atoms with Crippen LogP contribution >= 0.6 is 15.9 Å². The first-order chi connectivity index (χ1) is 8.56. The SMILES string of the molecule is Cc1noc(CNC(=O)c2ccc(Br)cc2O)n1. The van der Waals surface area contributed by atoms with Crippen molar-refractivity contribution in [2.45, 2.75) is 13.5 Å². The molecule has 0 spiro atoms. The second kappa shape index (κ2) is 5.18. The lowest BCUT2D eigenvalue weighted by Gasteiger charge is -2.04. The van der Waals surface area contributed by atoms with Crippen molar-refractivity contribution in [2.24, 2.45) is 0 Å². The second-order valence-electron chi connectivity index (χ2n) is 3.58. The molecule has 1 amide bonds. The smallest absolute Gasteiger partial charge is 0.255 e. The highest BCUT2D eigenvalue weighted by atomic mass is 79.9. The number of carbonyl (C=O) groups excluding carboxylic acids is 1. The van der Waals surface area contributed by atoms with Gasteiger partial charge in [-0.25, -0.2) is 0 Å². The maximum atomic E-state index is 11.8. The normalized spacial score (nSPS) is 10.3. The van der Waals surface area contributed by atoms with E-state index in [-0.39, 0.29) is 17.9 Å². The van der Waals surface area contributed by atoms with Gasteiger partial charge in [-0.3, -0.25) is 4.79 Å². The van der Waals surface area contributed by atoms with Crippen LogP contribution in [-0.4, -0.2) is 21.2 Å². The zero-order valence-electron chi connectivity index (χ0n) is 9.48. The summed E-state index contributed by atoms with van der Waals surface area (Å²) in [6.07, 6.45) is 0. The number of nitrogens with one attached hydrogen (secondary N) is 1. The highest BCUT2D eigenvalue weighted by Crippen LogP contribution is 2.22. The van der Waals surface area contributed by atoms with E-state index in [2.05, 4.69) is 31.4 Å². The summed E-state index contributed by atoms with van der Waals surface area (Å²) in [7, 11) is 0. The molecule has 0 saturated carbocycles. The van der Waals surface area contributed by atoms with E-state index in [9.17, 15) is 9.90 Å². The van der Waals surface area contributed by atoms with Crippen LogP contribution in [0.5, 0.6) is 5.75 Å². The molecule has 0 aliphatic rings. The number of phenolic OH excluding ortho intramolecular Hbond substituents is 1. The number of phenols is 1. The van der Waals surface area contributed by atoms with E-state index in [1.54, 1.807) is 13.0 Å². The molecular weight excluding hydrogens is 302 g/mol. The third-order valence-electron chi connectivity index (χ3n) is 2.17. The number of amides is 1. The minimum absolute atomic E-state index is 0.0939. The van der Waals surface area contributed by atoms with Crippen LogP contribution in [0.2, 0.25) is 0 Å². The first kappa shape index (κ1) is 12.6. The summed E-state index contributed by atoms with van der Waals surface area (Å²) in [5.41, 5.74) is 0.189. The molecule has 0 atom stereocenters. The number of hydrogen-bond acceptors (Lipinski definition) is 5. The Bertz CT molecular complexity index is 583. The molecule has 0 bridgehead atoms. The fourth-order valence-corrected chi connectivity index (χ4v) is 1.71. The van der Waals surface area contributed by atoms with Gasteiger partial charge in [-0.1, -0.05) is 21.1 Å². The first-order valence-corrected chi connectivity index (χ1v) is 5.91. The van der Waals surface area contributed by atoms with Crippen molar-refractivity contribution in [3.8, 4) is 5.75 Å². The maximum Gasteiger partial charge on any atom is 0.255 e. The van der Waals surface area contributed by atoms with Crippen LogP contribution in [0.15, 0.2) is 27.2 Å². The lowest BCUT2D eigenvalue weighted by Crippen LogP contribution is -2.23. The van der Waals surface area contributed by atoms with Crippen LogP contribution in [-0.2, 0) is 6.54 Å². The topological polar surface area (TPSA) is 88.2 Å². The molecule has 1 aromatic carbocycles. The molecule has 2 aromatic rings. The van der Waals surface area contributed by atoms with E-state index in [1.807, 2.05) is 0 Å². The second-order valence-corrected chi connectivity index (χ2v) is 4.50. The van der Waals surface area contributed by atoms with Crippen molar-refractivity contribution in [1.82, 2.24) is 15.5 Å². The van der Waals surface area contributed by atoms with Crippen molar-refractivity contribution in [3.63, 3.8) is 0 Å². The Morgan fingerprint density at radius 3 is 2.94 bits per heavy atom. The molecule has 0 unspecified atom stereocenters. The number of carbonyl (C=O) groups is 1. The Hall–Kier alpha value is -1.89. The minimum atomic E-state index is -0.407. The molecular formula is C11H10BrN3O3. The monoisotopic (exact) mass is 311 g/mol. The molecule has 6 nitrogen and oxygen atoms in total. The summed E-state index contributed by atoms with van der Waals surface area (Å²) in [5.74, 6) is 0.322. The number of benzene rings is 1. The van der Waals surface area contributed by atoms with Gasteiger partial charge < -0.3 is 14.9 Å². The van der Waals surface area contributed by atoms with Crippen molar-refractivity contribution < 1.29 is 14.4 Å². The van der Waals surface area contributed by atoms with Gasteiger partial charge in [0.05, 0.1) is 12.1 Å². The van der Waals surface area contributed by atoms with E-state index in [0.29, 0.717) is 16.2 Å². The molecule has 94 valence electrons. The summed E-state index contributed by atoms with van der Waals surface area (Å²) in [6.45, 7) is 1.81. The standard InChI is InChI=1S/C11H10BrN3O3/c1-6-14-10(18-15-6)5-13-11(17)8-3-2-7(12)4-9(8)16/h2-4,16H,5H2,1H3,(H,13,17). The van der Waals surface area contributed by atoms with Crippen molar-refractivity contribution in [2.75, 3.05) is 0 Å². The van der Waals surface area contributed by atoms with Gasteiger partial charge in [0.25, 0.3) is 5.91 Å². The van der Waals surface area contributed by atoms with Gasteiger partial charge in [0.1, 0.15) is 5.75 Å². The predicted molar refractivity (Wildman–Crippen MR) is 66.0 cm³/mol. The Morgan fingerprint density at radius 2 is 2.33 bits per heavy atom. The molecule has 0 aliphatic carbocycles. The van der Waals surface area contributed by atoms with Crippen LogP contribution in [0, 0.1) is 6.92 Å². The lowest BCUT2D eigenvalue weighted by molar-refractivity contribution is 0.0943. The predicted octanol–water partition coefficient (Wildman–Crippen LogP) is 1.78. The summed E-state index contributed by atoms with van der Waals surface area (Å²) < 4.78 is 5.55. The molecule has 0 radical (unpaired) electrons. The van der Waals surface area contributed by atoms with Gasteiger partial charge in [0, 0.05) is 4.47 Å². The van der Waals surface area contributed by atoms with Crippen LogP contribution in [0.3, 0.4) is 0 Å². The summed E-state index contributed by atoms with van der Waals surface area (Å²) >= 11 is 3.20. The average Bonchev–Trinajstić information content (AvgIpc) is 2.72. The molecule has 0 fully saturated rings. The maximum absolute atomic E-state index is 11.8. The Labute approximate surface area is 111 Å². The first-order valence-electron chi connectivity index (χ1n) is 5.12. The number of halogens is 1. The van der Waals surface area contributed by atoms with E-state index in [0.717, 1.165) is 0 Å². The number of aromatic nitrogens is 2. The molecule has 0 aliphatic heterocycles. The van der Waals surface area contributed by atoms with Gasteiger partial charge >= 0.3 is 0 Å². The molecule has 7 heteroatoms. The number of aryl methyl sites for hydroxylation is 1. The summed E-state index contributed by atoms with van der Waals surface area (Å²) in [4.78, 5) is 15.7. The zero-order chi connectivity index (χ0) is 13.1. The van der Waals surface area contributed by atoms with Crippen molar-refractivity contribution in [1.29, 1.82) is 0 Å². The van der Waals surface area contributed by atoms with Crippen LogP contribution in [0.25, 0.3) is 0 Å². The van der Waals surface area contributed by atoms with E-state index in [1.165, 1.54) is 12.1 Å². The fourth-order valence-electron chi connectivity index (χ4n) is 1.36. The van der Waals surface area contributed by atoms with Crippen molar-refractivity contribution in [3.05, 3.63) is 40.0 Å². The minimum Gasteiger partial charge on any atom is -0.507 e. The van der Waals surface area contributed by atoms with Crippen LogP contribution in [0.1, 0.15) is 22.1 Å². The van der Waals surface area contributed by atoms with Crippen LogP contribution in [0.4, 0.5) is 0 Å².